The van der Waals surface area contributed by atoms with Crippen LogP contribution < -0.4 is 5.73 Å². The van der Waals surface area contributed by atoms with Crippen LogP contribution in [0, 0.1) is 5.92 Å². The third kappa shape index (κ3) is 1.66. The highest BCUT2D eigenvalue weighted by atomic mass is 32.1. The summed E-state index contributed by atoms with van der Waals surface area (Å²) in [5.74, 6) is 0.389. The van der Waals surface area contributed by atoms with Crippen molar-refractivity contribution in [3.8, 4) is 0 Å². The van der Waals surface area contributed by atoms with Gasteiger partial charge in [0.1, 0.15) is 0 Å². The van der Waals surface area contributed by atoms with Crippen molar-refractivity contribution in [2.75, 3.05) is 6.54 Å². The molecule has 0 bridgehead atoms. The molecule has 3 rings (SSSR count). The minimum atomic E-state index is 0.110. The lowest BCUT2D eigenvalue weighted by Crippen LogP contribution is -2.33. The van der Waals surface area contributed by atoms with Gasteiger partial charge in [0.15, 0.2) is 0 Å². The lowest BCUT2D eigenvalue weighted by molar-refractivity contribution is -0.133. The Kier molecular flexibility index (Phi) is 2.48. The van der Waals surface area contributed by atoms with Crippen LogP contribution in [0.5, 0.6) is 0 Å². The monoisotopic (exact) mass is 236 g/mol. The summed E-state index contributed by atoms with van der Waals surface area (Å²) in [5, 5.41) is 4.24. The minimum Gasteiger partial charge on any atom is -0.335 e. The van der Waals surface area contributed by atoms with Gasteiger partial charge in [0, 0.05) is 12.6 Å². The third-order valence-electron chi connectivity index (χ3n) is 3.62. The van der Waals surface area contributed by atoms with Gasteiger partial charge in [-0.3, -0.25) is 4.79 Å². The fourth-order valence-electron chi connectivity index (χ4n) is 2.55. The first-order valence-electron chi connectivity index (χ1n) is 5.85. The zero-order chi connectivity index (χ0) is 11.1. The molecule has 1 amide bonds. The molecule has 1 saturated heterocycles. The zero-order valence-corrected chi connectivity index (χ0v) is 9.95. The van der Waals surface area contributed by atoms with E-state index in [4.69, 9.17) is 5.73 Å². The van der Waals surface area contributed by atoms with Gasteiger partial charge in [-0.2, -0.15) is 11.3 Å². The van der Waals surface area contributed by atoms with Crippen molar-refractivity contribution >= 4 is 17.2 Å². The molecular formula is C12H16N2OS. The topological polar surface area (TPSA) is 46.3 Å². The van der Waals surface area contributed by atoms with E-state index in [1.807, 2.05) is 4.90 Å². The molecule has 1 aromatic heterocycles. The van der Waals surface area contributed by atoms with Crippen LogP contribution in [0.1, 0.15) is 30.9 Å². The molecule has 3 atom stereocenters. The summed E-state index contributed by atoms with van der Waals surface area (Å²) in [7, 11) is 0. The van der Waals surface area contributed by atoms with Crippen LogP contribution in [0.15, 0.2) is 16.8 Å². The first-order chi connectivity index (χ1) is 7.77. The molecule has 4 heteroatoms. The predicted molar refractivity (Wildman–Crippen MR) is 64.1 cm³/mol. The van der Waals surface area contributed by atoms with Crippen molar-refractivity contribution in [2.24, 2.45) is 11.7 Å². The van der Waals surface area contributed by atoms with Crippen LogP contribution >= 0.6 is 11.3 Å². The van der Waals surface area contributed by atoms with E-state index in [0.717, 1.165) is 25.8 Å². The predicted octanol–water partition coefficient (Wildman–Crippen LogP) is 1.76. The Hall–Kier alpha value is -0.870. The number of nitrogens with two attached hydrogens (primary N) is 1. The highest BCUT2D eigenvalue weighted by Gasteiger charge is 2.45. The number of carbonyl (C=O) groups excluding carboxylic acids is 1. The molecule has 1 aliphatic heterocycles. The van der Waals surface area contributed by atoms with E-state index in [1.165, 1.54) is 5.56 Å². The Morgan fingerprint density at radius 1 is 1.56 bits per heavy atom. The summed E-state index contributed by atoms with van der Waals surface area (Å²) in [6.45, 7) is 0.905. The summed E-state index contributed by atoms with van der Waals surface area (Å²) in [6.07, 6.45) is 3.10. The number of hydrogen-bond acceptors (Lipinski definition) is 3. The fraction of sp³-hybridized carbons (Fsp3) is 0.583. The standard InChI is InChI=1S/C12H16N2OS/c13-10-6-9(10)12(15)14-4-1-2-11(14)8-3-5-16-7-8/h3,5,7,9-11H,1-2,4,6,13H2. The Balaban J connectivity index is 1.77. The van der Waals surface area contributed by atoms with E-state index in [1.54, 1.807) is 11.3 Å². The van der Waals surface area contributed by atoms with Crippen LogP contribution in [0.2, 0.25) is 0 Å². The van der Waals surface area contributed by atoms with Crippen molar-refractivity contribution in [2.45, 2.75) is 31.3 Å². The van der Waals surface area contributed by atoms with Gasteiger partial charge < -0.3 is 10.6 Å². The molecule has 2 heterocycles. The second-order valence-corrected chi connectivity index (χ2v) is 5.53. The maximum atomic E-state index is 12.2. The van der Waals surface area contributed by atoms with E-state index in [-0.39, 0.29) is 17.9 Å². The molecule has 0 aromatic carbocycles. The second kappa shape index (κ2) is 3.86. The third-order valence-corrected chi connectivity index (χ3v) is 4.32. The molecule has 16 heavy (non-hydrogen) atoms. The molecule has 86 valence electrons. The van der Waals surface area contributed by atoms with Gasteiger partial charge in [0.05, 0.1) is 12.0 Å². The Morgan fingerprint density at radius 3 is 3.00 bits per heavy atom. The minimum absolute atomic E-state index is 0.110. The van der Waals surface area contributed by atoms with Crippen LogP contribution in [0.25, 0.3) is 0 Å². The van der Waals surface area contributed by atoms with Crippen LogP contribution in [0.4, 0.5) is 0 Å². The van der Waals surface area contributed by atoms with Crippen molar-refractivity contribution < 1.29 is 4.79 Å². The molecule has 1 aliphatic carbocycles. The average molecular weight is 236 g/mol. The molecule has 2 N–H and O–H groups in total. The van der Waals surface area contributed by atoms with Gasteiger partial charge in [-0.15, -0.1) is 0 Å². The molecular weight excluding hydrogens is 220 g/mol. The fourth-order valence-corrected chi connectivity index (χ4v) is 3.26. The highest BCUT2D eigenvalue weighted by molar-refractivity contribution is 7.07. The van der Waals surface area contributed by atoms with Crippen molar-refractivity contribution in [1.29, 1.82) is 0 Å². The van der Waals surface area contributed by atoms with E-state index in [2.05, 4.69) is 16.8 Å². The molecule has 1 saturated carbocycles. The maximum absolute atomic E-state index is 12.2. The van der Waals surface area contributed by atoms with Gasteiger partial charge in [0.2, 0.25) is 5.91 Å². The summed E-state index contributed by atoms with van der Waals surface area (Å²) >= 11 is 1.70. The van der Waals surface area contributed by atoms with Gasteiger partial charge in [-0.05, 0) is 41.7 Å². The van der Waals surface area contributed by atoms with Gasteiger partial charge in [0.25, 0.3) is 0 Å². The van der Waals surface area contributed by atoms with Gasteiger partial charge >= 0.3 is 0 Å². The Bertz CT molecular complexity index is 390. The lowest BCUT2D eigenvalue weighted by Gasteiger charge is -2.24. The van der Waals surface area contributed by atoms with Crippen molar-refractivity contribution in [1.82, 2.24) is 4.90 Å². The largest absolute Gasteiger partial charge is 0.335 e. The highest BCUT2D eigenvalue weighted by Crippen LogP contribution is 2.38. The molecule has 0 spiro atoms. The number of thiophene rings is 1. The molecule has 1 aromatic rings. The molecule has 0 radical (unpaired) electrons. The van der Waals surface area contributed by atoms with Gasteiger partial charge in [-0.1, -0.05) is 0 Å². The van der Waals surface area contributed by atoms with Gasteiger partial charge in [-0.25, -0.2) is 0 Å². The quantitative estimate of drug-likeness (QED) is 0.850. The van der Waals surface area contributed by atoms with E-state index < -0.39 is 0 Å². The smallest absolute Gasteiger partial charge is 0.227 e. The zero-order valence-electron chi connectivity index (χ0n) is 9.13. The number of carbonyl (C=O) groups is 1. The SMILES string of the molecule is NC1CC1C(=O)N1CCCC1c1ccsc1. The number of amides is 1. The number of nitrogens with zero attached hydrogens (tertiary/aromatic N) is 1. The van der Waals surface area contributed by atoms with Crippen LogP contribution in [-0.4, -0.2) is 23.4 Å². The van der Waals surface area contributed by atoms with E-state index >= 15 is 0 Å². The average Bonchev–Trinajstić information content (AvgIpc) is 2.81. The molecule has 2 fully saturated rings. The van der Waals surface area contributed by atoms with Crippen LogP contribution in [0.3, 0.4) is 0 Å². The first kappa shape index (κ1) is 10.3. The maximum Gasteiger partial charge on any atom is 0.227 e. The summed E-state index contributed by atoms with van der Waals surface area (Å²) in [4.78, 5) is 14.2. The number of rotatable bonds is 2. The first-order valence-corrected chi connectivity index (χ1v) is 6.80. The number of likely N-dealkylation sites (tertiary alicyclic amines) is 1. The van der Waals surface area contributed by atoms with E-state index in [0.29, 0.717) is 6.04 Å². The Morgan fingerprint density at radius 2 is 2.38 bits per heavy atom. The van der Waals surface area contributed by atoms with Crippen molar-refractivity contribution in [3.63, 3.8) is 0 Å². The molecule has 3 nitrogen and oxygen atoms in total. The second-order valence-electron chi connectivity index (χ2n) is 4.75. The van der Waals surface area contributed by atoms with Crippen LogP contribution in [-0.2, 0) is 4.79 Å². The summed E-state index contributed by atoms with van der Waals surface area (Å²) in [6, 6.07) is 2.57. The summed E-state index contributed by atoms with van der Waals surface area (Å²) in [5.41, 5.74) is 7.05. The number of hydrogen-bond donors (Lipinski definition) is 1. The Labute approximate surface area is 99.2 Å². The lowest BCUT2D eigenvalue weighted by atomic mass is 10.1. The van der Waals surface area contributed by atoms with Crippen molar-refractivity contribution in [3.05, 3.63) is 22.4 Å². The van der Waals surface area contributed by atoms with E-state index in [9.17, 15) is 4.79 Å². The molecule has 2 aliphatic rings. The normalized spacial score (nSPS) is 33.1. The summed E-state index contributed by atoms with van der Waals surface area (Å²) < 4.78 is 0. The molecule has 3 unspecified atom stereocenters.